The summed E-state index contributed by atoms with van der Waals surface area (Å²) >= 11 is 0. The number of anilines is 2. The van der Waals surface area contributed by atoms with Gasteiger partial charge in [-0.05, 0) is 31.9 Å². The molecule has 1 amide bonds. The van der Waals surface area contributed by atoms with Crippen LogP contribution in [0.1, 0.15) is 18.5 Å². The molecule has 1 atom stereocenters. The Kier molecular flexibility index (Phi) is 4.43. The molecule has 1 saturated heterocycles. The number of carbonyl (C=O) groups is 1. The quantitative estimate of drug-likeness (QED) is 0.760. The molecule has 27 heavy (non-hydrogen) atoms. The lowest BCUT2D eigenvalue weighted by Gasteiger charge is -2.33. The molecule has 2 aromatic heterocycles. The standard InChI is InChI=1S/C18H17F2N5O2/c1-10-15-16(21-9-22-18(15)27-24-10)25-6-2-3-11(8-25)17(26)23-14-5-4-12(19)7-13(14)20/h4-5,7,9,11H,2-3,6,8H2,1H3,(H,23,26). The number of aryl methyl sites for hydroxylation is 1. The lowest BCUT2D eigenvalue weighted by molar-refractivity contribution is -0.120. The Balaban J connectivity index is 1.54. The van der Waals surface area contributed by atoms with E-state index in [1.165, 1.54) is 12.4 Å². The number of fused-ring (bicyclic) bond motifs is 1. The molecule has 3 heterocycles. The molecular weight excluding hydrogens is 356 g/mol. The Hall–Kier alpha value is -3.10. The zero-order valence-electron chi connectivity index (χ0n) is 14.6. The van der Waals surface area contributed by atoms with Crippen molar-refractivity contribution in [2.75, 3.05) is 23.3 Å². The van der Waals surface area contributed by atoms with Crippen LogP contribution in [0.2, 0.25) is 0 Å². The van der Waals surface area contributed by atoms with Crippen LogP contribution >= 0.6 is 0 Å². The number of hydrogen-bond donors (Lipinski definition) is 1. The number of halogens is 2. The topological polar surface area (TPSA) is 84.2 Å². The summed E-state index contributed by atoms with van der Waals surface area (Å²) in [5.74, 6) is -1.48. The van der Waals surface area contributed by atoms with Crippen molar-refractivity contribution in [1.29, 1.82) is 0 Å². The molecular formula is C18H17F2N5O2. The molecule has 1 fully saturated rings. The summed E-state index contributed by atoms with van der Waals surface area (Å²) in [6.45, 7) is 2.96. The Labute approximate surface area is 153 Å². The second-order valence-corrected chi connectivity index (χ2v) is 6.54. The highest BCUT2D eigenvalue weighted by atomic mass is 19.1. The highest BCUT2D eigenvalue weighted by Gasteiger charge is 2.29. The van der Waals surface area contributed by atoms with Crippen LogP contribution in [0.5, 0.6) is 0 Å². The lowest BCUT2D eigenvalue weighted by Crippen LogP contribution is -2.41. The van der Waals surface area contributed by atoms with Gasteiger partial charge in [0, 0.05) is 19.2 Å². The van der Waals surface area contributed by atoms with Crippen LogP contribution in [-0.4, -0.2) is 34.1 Å². The average Bonchev–Trinajstić information content (AvgIpc) is 3.05. The molecule has 0 bridgehead atoms. The molecule has 4 rings (SSSR count). The van der Waals surface area contributed by atoms with Crippen LogP contribution in [0.25, 0.3) is 11.1 Å². The first-order chi connectivity index (χ1) is 13.0. The monoisotopic (exact) mass is 373 g/mol. The van der Waals surface area contributed by atoms with Gasteiger partial charge in [0.05, 0.1) is 17.3 Å². The van der Waals surface area contributed by atoms with E-state index >= 15 is 0 Å². The largest absolute Gasteiger partial charge is 0.355 e. The Bertz CT molecular complexity index is 1010. The fourth-order valence-corrected chi connectivity index (χ4v) is 3.35. The Morgan fingerprint density at radius 1 is 1.33 bits per heavy atom. The van der Waals surface area contributed by atoms with Crippen molar-refractivity contribution in [2.45, 2.75) is 19.8 Å². The van der Waals surface area contributed by atoms with Crippen LogP contribution < -0.4 is 10.2 Å². The van der Waals surface area contributed by atoms with Crippen molar-refractivity contribution in [1.82, 2.24) is 15.1 Å². The van der Waals surface area contributed by atoms with E-state index in [0.29, 0.717) is 30.2 Å². The van der Waals surface area contributed by atoms with Gasteiger partial charge in [-0.25, -0.2) is 13.8 Å². The van der Waals surface area contributed by atoms with Gasteiger partial charge in [-0.2, -0.15) is 4.98 Å². The first-order valence-corrected chi connectivity index (χ1v) is 8.61. The average molecular weight is 373 g/mol. The van der Waals surface area contributed by atoms with Crippen LogP contribution in [0.15, 0.2) is 29.0 Å². The third-order valence-corrected chi connectivity index (χ3v) is 4.70. The van der Waals surface area contributed by atoms with E-state index in [2.05, 4.69) is 20.4 Å². The van der Waals surface area contributed by atoms with E-state index in [1.807, 2.05) is 11.8 Å². The molecule has 1 N–H and O–H groups in total. The predicted molar refractivity (Wildman–Crippen MR) is 94.3 cm³/mol. The highest BCUT2D eigenvalue weighted by Crippen LogP contribution is 2.30. The van der Waals surface area contributed by atoms with E-state index < -0.39 is 11.6 Å². The maximum Gasteiger partial charge on any atom is 0.263 e. The summed E-state index contributed by atoms with van der Waals surface area (Å²) in [6, 6.07) is 3.07. The first-order valence-electron chi connectivity index (χ1n) is 8.61. The predicted octanol–water partition coefficient (Wildman–Crippen LogP) is 3.06. The Morgan fingerprint density at radius 2 is 2.19 bits per heavy atom. The van der Waals surface area contributed by atoms with Gasteiger partial charge in [-0.3, -0.25) is 4.79 Å². The molecule has 0 radical (unpaired) electrons. The summed E-state index contributed by atoms with van der Waals surface area (Å²) < 4.78 is 32.0. The van der Waals surface area contributed by atoms with E-state index in [4.69, 9.17) is 4.52 Å². The molecule has 1 unspecified atom stereocenters. The van der Waals surface area contributed by atoms with Crippen LogP contribution in [0.3, 0.4) is 0 Å². The third kappa shape index (κ3) is 3.32. The Morgan fingerprint density at radius 3 is 3.00 bits per heavy atom. The summed E-state index contributed by atoms with van der Waals surface area (Å²) in [5, 5.41) is 7.20. The maximum absolute atomic E-state index is 13.8. The summed E-state index contributed by atoms with van der Waals surface area (Å²) in [4.78, 5) is 23.0. The van der Waals surface area contributed by atoms with Crippen LogP contribution in [0, 0.1) is 24.5 Å². The molecule has 9 heteroatoms. The second kappa shape index (κ2) is 6.90. The van der Waals surface area contributed by atoms with Crippen LogP contribution in [-0.2, 0) is 4.79 Å². The summed E-state index contributed by atoms with van der Waals surface area (Å²) in [7, 11) is 0. The van der Waals surface area contributed by atoms with Crippen LogP contribution in [0.4, 0.5) is 20.3 Å². The molecule has 1 aliphatic heterocycles. The molecule has 7 nitrogen and oxygen atoms in total. The van der Waals surface area contributed by atoms with Gasteiger partial charge >= 0.3 is 0 Å². The summed E-state index contributed by atoms with van der Waals surface area (Å²) in [5.41, 5.74) is 1.05. The van der Waals surface area contributed by atoms with E-state index in [0.717, 1.165) is 30.5 Å². The van der Waals surface area contributed by atoms with Crippen molar-refractivity contribution in [3.05, 3.63) is 41.9 Å². The number of hydrogen-bond acceptors (Lipinski definition) is 6. The minimum atomic E-state index is -0.798. The number of nitrogens with zero attached hydrogens (tertiary/aromatic N) is 4. The molecule has 140 valence electrons. The molecule has 1 aliphatic rings. The number of aromatic nitrogens is 3. The minimum absolute atomic E-state index is 0.0298. The lowest BCUT2D eigenvalue weighted by atomic mass is 9.96. The highest BCUT2D eigenvalue weighted by molar-refractivity contribution is 5.94. The van der Waals surface area contributed by atoms with Crippen molar-refractivity contribution < 1.29 is 18.1 Å². The first kappa shape index (κ1) is 17.3. The second-order valence-electron chi connectivity index (χ2n) is 6.54. The number of nitrogens with one attached hydrogen (secondary N) is 1. The number of rotatable bonds is 3. The number of piperidine rings is 1. The number of amides is 1. The molecule has 1 aromatic carbocycles. The van der Waals surface area contributed by atoms with Crippen molar-refractivity contribution >= 4 is 28.5 Å². The molecule has 0 saturated carbocycles. The summed E-state index contributed by atoms with van der Waals surface area (Å²) in [6.07, 6.45) is 2.85. The molecule has 3 aromatic rings. The van der Waals surface area contributed by atoms with Gasteiger partial charge in [0.1, 0.15) is 29.2 Å². The van der Waals surface area contributed by atoms with Crippen molar-refractivity contribution in [3.8, 4) is 0 Å². The van der Waals surface area contributed by atoms with E-state index in [-0.39, 0.29) is 17.5 Å². The smallest absolute Gasteiger partial charge is 0.263 e. The molecule has 0 spiro atoms. The maximum atomic E-state index is 13.8. The normalized spacial score (nSPS) is 17.3. The van der Waals surface area contributed by atoms with Gasteiger partial charge < -0.3 is 14.7 Å². The van der Waals surface area contributed by atoms with E-state index in [1.54, 1.807) is 0 Å². The number of benzene rings is 1. The van der Waals surface area contributed by atoms with Gasteiger partial charge in [-0.1, -0.05) is 5.16 Å². The van der Waals surface area contributed by atoms with Gasteiger partial charge in [-0.15, -0.1) is 0 Å². The number of carbonyl (C=O) groups excluding carboxylic acids is 1. The van der Waals surface area contributed by atoms with Gasteiger partial charge in [0.2, 0.25) is 5.91 Å². The SMILES string of the molecule is Cc1noc2ncnc(N3CCCC(C(=O)Nc4ccc(F)cc4F)C3)c12. The zero-order chi connectivity index (χ0) is 19.0. The molecule has 0 aliphatic carbocycles. The van der Waals surface area contributed by atoms with Crippen molar-refractivity contribution in [2.24, 2.45) is 5.92 Å². The minimum Gasteiger partial charge on any atom is -0.355 e. The fourth-order valence-electron chi connectivity index (χ4n) is 3.35. The van der Waals surface area contributed by atoms with Gasteiger partial charge in [0.15, 0.2) is 0 Å². The van der Waals surface area contributed by atoms with Gasteiger partial charge in [0.25, 0.3) is 5.71 Å². The van der Waals surface area contributed by atoms with E-state index in [9.17, 15) is 13.6 Å². The zero-order valence-corrected chi connectivity index (χ0v) is 14.6. The third-order valence-electron chi connectivity index (χ3n) is 4.70. The fraction of sp³-hybridized carbons (Fsp3) is 0.333. The van der Waals surface area contributed by atoms with Crippen molar-refractivity contribution in [3.63, 3.8) is 0 Å².